The van der Waals surface area contributed by atoms with Gasteiger partial charge in [0.15, 0.2) is 0 Å². The standard InChI is InChI=1S/C69H125N2O7P/c1-7-10-13-16-19-22-25-28-30-31-32-33-34-35-36-37-38-39-41-44-47-50-53-56-59-62-69(73)78-67(60-57-54-51-48-45-42-27-24-21-18-15-12-9-3)66(65-77-79(74,75)76-64-63-71(4,5)6)70-68(72)61-58-55-52-49-46-43-40-29-26-23-20-17-14-11-8-2/h11,14,17,19-20,22-23,26,28,30,32-33,57,60,66-67H,7-10,12-13,15-16,18,21,24-25,27,29,31,34-56,58-59,61-65H2,1-6H3,(H-,70,72,74,75)/b14-11+,20-17+,22-19-,26-23+,30-28-,33-32-,60-57-. The Hall–Kier alpha value is -2.81. The highest BCUT2D eigenvalue weighted by molar-refractivity contribution is 7.45. The van der Waals surface area contributed by atoms with Crippen molar-refractivity contribution in [1.29, 1.82) is 0 Å². The maximum absolute atomic E-state index is 13.5. The van der Waals surface area contributed by atoms with Crippen molar-refractivity contribution in [3.05, 3.63) is 85.1 Å². The van der Waals surface area contributed by atoms with E-state index in [0.717, 1.165) is 89.9 Å². The number of nitrogens with zero attached hydrogens (tertiary/aromatic N) is 1. The second-order valence-corrected chi connectivity index (χ2v) is 24.7. The van der Waals surface area contributed by atoms with E-state index < -0.39 is 26.6 Å². The van der Waals surface area contributed by atoms with Gasteiger partial charge in [-0.05, 0) is 89.5 Å². The molecule has 0 bridgehead atoms. The fourth-order valence-electron chi connectivity index (χ4n) is 9.29. The van der Waals surface area contributed by atoms with Gasteiger partial charge < -0.3 is 28.5 Å². The number of likely N-dealkylation sites (N-methyl/N-ethyl adjacent to an activating group) is 1. The minimum Gasteiger partial charge on any atom is -0.756 e. The van der Waals surface area contributed by atoms with E-state index in [4.69, 9.17) is 13.8 Å². The molecule has 9 nitrogen and oxygen atoms in total. The SMILES string of the molecule is CC/C=C/C=C/C=C/CCCCCCCCCC(=O)NC(COP(=O)([O-])OCC[N+](C)(C)C)C(/C=C\CCCCCCCCCCCCC)OC(=O)CCCCCCCCCCCCCC/C=C\C/C=C\C/C=C\CCCCC. The van der Waals surface area contributed by atoms with E-state index in [1.54, 1.807) is 0 Å². The molecule has 0 saturated carbocycles. The van der Waals surface area contributed by atoms with Crippen LogP contribution < -0.4 is 10.2 Å². The lowest BCUT2D eigenvalue weighted by molar-refractivity contribution is -0.870. The number of amides is 1. The first kappa shape index (κ1) is 76.2. The van der Waals surface area contributed by atoms with Crippen molar-refractivity contribution in [3.63, 3.8) is 0 Å². The van der Waals surface area contributed by atoms with Crippen LogP contribution in [0.15, 0.2) is 85.1 Å². The first-order chi connectivity index (χ1) is 38.4. The summed E-state index contributed by atoms with van der Waals surface area (Å²) in [6.07, 6.45) is 76.9. The third-order valence-electron chi connectivity index (χ3n) is 14.4. The fraction of sp³-hybridized carbons (Fsp3) is 0.768. The molecule has 1 N–H and O–H groups in total. The molecule has 0 aromatic heterocycles. The summed E-state index contributed by atoms with van der Waals surface area (Å²) in [6, 6.07) is -0.899. The lowest BCUT2D eigenvalue weighted by Gasteiger charge is -2.30. The van der Waals surface area contributed by atoms with Crippen molar-refractivity contribution in [3.8, 4) is 0 Å². The Morgan fingerprint density at radius 1 is 0.468 bits per heavy atom. The summed E-state index contributed by atoms with van der Waals surface area (Å²) in [6.45, 7) is 6.69. The van der Waals surface area contributed by atoms with Gasteiger partial charge in [-0.2, -0.15) is 0 Å². The number of hydrogen-bond acceptors (Lipinski definition) is 7. The number of carbonyl (C=O) groups excluding carboxylic acids is 2. The summed E-state index contributed by atoms with van der Waals surface area (Å²) in [5.74, 6) is -0.554. The monoisotopic (exact) mass is 1120 g/mol. The van der Waals surface area contributed by atoms with E-state index in [1.165, 1.54) is 167 Å². The number of rotatable bonds is 59. The summed E-state index contributed by atoms with van der Waals surface area (Å²) >= 11 is 0. The second kappa shape index (κ2) is 58.4. The van der Waals surface area contributed by atoms with Gasteiger partial charge in [-0.15, -0.1) is 0 Å². The minimum absolute atomic E-state index is 0.0278. The average molecular weight is 1130 g/mol. The molecular formula is C69H125N2O7P. The van der Waals surface area contributed by atoms with Crippen molar-refractivity contribution in [2.75, 3.05) is 40.9 Å². The number of phosphoric acid groups is 1. The average Bonchev–Trinajstić information content (AvgIpc) is 3.41. The highest BCUT2D eigenvalue weighted by Gasteiger charge is 2.27. The number of phosphoric ester groups is 1. The van der Waals surface area contributed by atoms with Crippen LogP contribution in [0.25, 0.3) is 0 Å². The lowest BCUT2D eigenvalue weighted by atomic mass is 10.0. The Morgan fingerprint density at radius 3 is 1.34 bits per heavy atom. The number of quaternary nitrogens is 1. The van der Waals surface area contributed by atoms with Gasteiger partial charge in [-0.1, -0.05) is 273 Å². The third kappa shape index (κ3) is 59.6. The van der Waals surface area contributed by atoms with Crippen molar-refractivity contribution in [1.82, 2.24) is 5.32 Å². The molecule has 0 heterocycles. The summed E-state index contributed by atoms with van der Waals surface area (Å²) in [4.78, 5) is 40.1. The minimum atomic E-state index is -4.71. The second-order valence-electron chi connectivity index (χ2n) is 23.3. The number of unbranched alkanes of at least 4 members (excludes halogenated alkanes) is 33. The zero-order valence-corrected chi connectivity index (χ0v) is 53.2. The molecule has 0 aliphatic rings. The van der Waals surface area contributed by atoms with Crippen LogP contribution >= 0.6 is 7.82 Å². The molecule has 0 aliphatic heterocycles. The number of esters is 1. The highest BCUT2D eigenvalue weighted by Crippen LogP contribution is 2.38. The Morgan fingerprint density at radius 2 is 0.861 bits per heavy atom. The predicted octanol–water partition coefficient (Wildman–Crippen LogP) is 19.9. The summed E-state index contributed by atoms with van der Waals surface area (Å²) in [5, 5.41) is 3.03. The number of hydrogen-bond donors (Lipinski definition) is 1. The van der Waals surface area contributed by atoms with E-state index in [9.17, 15) is 19.0 Å². The molecule has 3 atom stereocenters. The molecule has 0 fully saturated rings. The molecule has 0 rings (SSSR count). The van der Waals surface area contributed by atoms with E-state index in [2.05, 4.69) is 99.0 Å². The lowest BCUT2D eigenvalue weighted by Crippen LogP contribution is -2.47. The Kier molecular flexibility index (Phi) is 56.3. The van der Waals surface area contributed by atoms with E-state index in [0.29, 0.717) is 17.4 Å². The topological polar surface area (TPSA) is 114 Å². The van der Waals surface area contributed by atoms with Gasteiger partial charge in [0.25, 0.3) is 7.82 Å². The van der Waals surface area contributed by atoms with Crippen LogP contribution in [0, 0.1) is 0 Å². The molecule has 3 unspecified atom stereocenters. The molecule has 79 heavy (non-hydrogen) atoms. The third-order valence-corrected chi connectivity index (χ3v) is 15.3. The van der Waals surface area contributed by atoms with Gasteiger partial charge in [0.2, 0.25) is 5.91 Å². The first-order valence-corrected chi connectivity index (χ1v) is 34.4. The van der Waals surface area contributed by atoms with Gasteiger partial charge in [-0.25, -0.2) is 0 Å². The zero-order valence-electron chi connectivity index (χ0n) is 52.3. The van der Waals surface area contributed by atoms with E-state index in [1.807, 2.05) is 33.3 Å². The van der Waals surface area contributed by atoms with Crippen molar-refractivity contribution >= 4 is 19.7 Å². The summed E-state index contributed by atoms with van der Waals surface area (Å²) in [7, 11) is 1.17. The molecule has 0 aromatic rings. The first-order valence-electron chi connectivity index (χ1n) is 32.9. The molecule has 0 spiro atoms. The van der Waals surface area contributed by atoms with Gasteiger partial charge in [0.1, 0.15) is 19.3 Å². The maximum atomic E-state index is 13.5. The molecule has 0 radical (unpaired) electrons. The largest absolute Gasteiger partial charge is 0.756 e. The van der Waals surface area contributed by atoms with Crippen molar-refractivity contribution < 1.29 is 37.3 Å². The van der Waals surface area contributed by atoms with E-state index in [-0.39, 0.29) is 24.9 Å². The summed E-state index contributed by atoms with van der Waals surface area (Å²) in [5.41, 5.74) is 0. The molecule has 0 aliphatic carbocycles. The van der Waals surface area contributed by atoms with Gasteiger partial charge in [0, 0.05) is 12.8 Å². The maximum Gasteiger partial charge on any atom is 0.306 e. The molecule has 1 amide bonds. The van der Waals surface area contributed by atoms with Crippen LogP contribution in [0.5, 0.6) is 0 Å². The number of carbonyl (C=O) groups is 2. The highest BCUT2D eigenvalue weighted by atomic mass is 31.2. The van der Waals surface area contributed by atoms with Gasteiger partial charge in [0.05, 0.1) is 33.8 Å². The van der Waals surface area contributed by atoms with Gasteiger partial charge >= 0.3 is 5.97 Å². The van der Waals surface area contributed by atoms with Gasteiger partial charge in [-0.3, -0.25) is 14.2 Å². The Bertz CT molecular complexity index is 1630. The summed E-state index contributed by atoms with van der Waals surface area (Å²) < 4.78 is 30.4. The molecule has 458 valence electrons. The molecule has 0 saturated heterocycles. The number of ether oxygens (including phenoxy) is 1. The Labute approximate surface area is 488 Å². The number of allylic oxidation sites excluding steroid dienone is 13. The van der Waals surface area contributed by atoms with Crippen LogP contribution in [0.1, 0.15) is 290 Å². The zero-order chi connectivity index (χ0) is 57.9. The fourth-order valence-corrected chi connectivity index (χ4v) is 10.0. The molecule has 10 heteroatoms. The van der Waals surface area contributed by atoms with Crippen LogP contribution in [0.3, 0.4) is 0 Å². The van der Waals surface area contributed by atoms with Crippen LogP contribution in [0.2, 0.25) is 0 Å². The van der Waals surface area contributed by atoms with Crippen molar-refractivity contribution in [2.24, 2.45) is 0 Å². The quantitative estimate of drug-likeness (QED) is 0.0161. The molecular weight excluding hydrogens is 1000 g/mol. The van der Waals surface area contributed by atoms with Crippen LogP contribution in [-0.2, 0) is 27.9 Å². The van der Waals surface area contributed by atoms with Crippen LogP contribution in [-0.4, -0.2) is 69.4 Å². The normalized spacial score (nSPS) is 14.2. The smallest absolute Gasteiger partial charge is 0.306 e. The van der Waals surface area contributed by atoms with E-state index >= 15 is 0 Å². The number of nitrogens with one attached hydrogen (secondary N) is 1. The van der Waals surface area contributed by atoms with Crippen molar-refractivity contribution in [2.45, 2.75) is 303 Å². The van der Waals surface area contributed by atoms with Crippen LogP contribution in [0.4, 0.5) is 0 Å². The Balaban J connectivity index is 5.15. The predicted molar refractivity (Wildman–Crippen MR) is 339 cm³/mol. The molecule has 0 aromatic carbocycles.